The van der Waals surface area contributed by atoms with Crippen molar-refractivity contribution in [1.82, 2.24) is 16.2 Å². The van der Waals surface area contributed by atoms with Gasteiger partial charge in [-0.3, -0.25) is 10.2 Å². The Morgan fingerprint density at radius 3 is 2.13 bits per heavy atom. The first-order valence-electron chi connectivity index (χ1n) is 4.72. The standard InChI is InChI=1S/C9H19N3O3/c1-6(10-5)7(13)11-12-8(14)15-9(2,3)4/h6,10H,1-5H3,(H,11,13)(H,12,14)/t6-/m0/s1. The molecular formula is C9H19N3O3. The lowest BCUT2D eigenvalue weighted by atomic mass is 10.2. The molecule has 0 saturated carbocycles. The SMILES string of the molecule is CN[C@@H](C)C(=O)NNC(=O)OC(C)(C)C. The van der Waals surface area contributed by atoms with E-state index >= 15 is 0 Å². The molecule has 0 aromatic carbocycles. The van der Waals surface area contributed by atoms with Crippen molar-refractivity contribution in [1.29, 1.82) is 0 Å². The van der Waals surface area contributed by atoms with Crippen molar-refractivity contribution in [3.63, 3.8) is 0 Å². The summed E-state index contributed by atoms with van der Waals surface area (Å²) in [5, 5.41) is 2.73. The minimum Gasteiger partial charge on any atom is -0.443 e. The van der Waals surface area contributed by atoms with E-state index in [9.17, 15) is 9.59 Å². The highest BCUT2D eigenvalue weighted by Gasteiger charge is 2.17. The van der Waals surface area contributed by atoms with Gasteiger partial charge in [-0.15, -0.1) is 0 Å². The van der Waals surface area contributed by atoms with Crippen LogP contribution in [0.15, 0.2) is 0 Å². The van der Waals surface area contributed by atoms with Crippen LogP contribution in [0.3, 0.4) is 0 Å². The van der Waals surface area contributed by atoms with Gasteiger partial charge in [0.15, 0.2) is 0 Å². The van der Waals surface area contributed by atoms with Crippen molar-refractivity contribution < 1.29 is 14.3 Å². The summed E-state index contributed by atoms with van der Waals surface area (Å²) in [6, 6.07) is -0.375. The molecule has 88 valence electrons. The molecule has 0 fully saturated rings. The molecule has 0 spiro atoms. The second kappa shape index (κ2) is 5.55. The Bertz CT molecular complexity index is 235. The van der Waals surface area contributed by atoms with Crippen LogP contribution in [0.25, 0.3) is 0 Å². The summed E-state index contributed by atoms with van der Waals surface area (Å²) in [5.41, 5.74) is 3.80. The van der Waals surface area contributed by atoms with Crippen LogP contribution in [0.5, 0.6) is 0 Å². The van der Waals surface area contributed by atoms with Crippen molar-refractivity contribution in [3.8, 4) is 0 Å². The summed E-state index contributed by atoms with van der Waals surface area (Å²) in [6.07, 6.45) is -0.681. The van der Waals surface area contributed by atoms with Crippen LogP contribution in [0.4, 0.5) is 4.79 Å². The largest absolute Gasteiger partial charge is 0.443 e. The van der Waals surface area contributed by atoms with Gasteiger partial charge in [-0.2, -0.15) is 0 Å². The molecular weight excluding hydrogens is 198 g/mol. The number of hydrogen-bond acceptors (Lipinski definition) is 4. The Morgan fingerprint density at radius 1 is 1.20 bits per heavy atom. The van der Waals surface area contributed by atoms with Crippen molar-refractivity contribution in [2.45, 2.75) is 39.3 Å². The predicted octanol–water partition coefficient (Wildman–Crippen LogP) is 0.150. The molecule has 0 rings (SSSR count). The first kappa shape index (κ1) is 13.7. The van der Waals surface area contributed by atoms with Crippen LogP contribution >= 0.6 is 0 Å². The quantitative estimate of drug-likeness (QED) is 0.575. The second-order valence-electron chi connectivity index (χ2n) is 4.13. The fraction of sp³-hybridized carbons (Fsp3) is 0.778. The van der Waals surface area contributed by atoms with E-state index < -0.39 is 11.7 Å². The lowest BCUT2D eigenvalue weighted by molar-refractivity contribution is -0.123. The monoisotopic (exact) mass is 217 g/mol. The van der Waals surface area contributed by atoms with Gasteiger partial charge in [0, 0.05) is 0 Å². The summed E-state index contributed by atoms with van der Waals surface area (Å²) in [6.45, 7) is 6.89. The van der Waals surface area contributed by atoms with Crippen LogP contribution in [0.1, 0.15) is 27.7 Å². The number of carbonyl (C=O) groups excluding carboxylic acids is 2. The number of nitrogens with one attached hydrogen (secondary N) is 3. The number of ether oxygens (including phenoxy) is 1. The molecule has 0 saturated heterocycles. The van der Waals surface area contributed by atoms with Crippen molar-refractivity contribution >= 4 is 12.0 Å². The Hall–Kier alpha value is -1.30. The molecule has 0 aliphatic heterocycles. The summed E-state index contributed by atoms with van der Waals surface area (Å²) in [7, 11) is 1.65. The fourth-order valence-corrected chi connectivity index (χ4v) is 0.656. The molecule has 0 heterocycles. The maximum absolute atomic E-state index is 11.2. The summed E-state index contributed by atoms with van der Waals surface area (Å²) >= 11 is 0. The summed E-state index contributed by atoms with van der Waals surface area (Å²) in [4.78, 5) is 22.3. The third-order valence-corrected chi connectivity index (χ3v) is 1.51. The zero-order valence-corrected chi connectivity index (χ0v) is 9.80. The van der Waals surface area contributed by atoms with Gasteiger partial charge in [0.05, 0.1) is 6.04 Å². The Labute approximate surface area is 89.7 Å². The van der Waals surface area contributed by atoms with E-state index in [0.717, 1.165) is 0 Å². The minimum atomic E-state index is -0.681. The molecule has 2 amide bonds. The van der Waals surface area contributed by atoms with Crippen LogP contribution in [0, 0.1) is 0 Å². The van der Waals surface area contributed by atoms with E-state index in [0.29, 0.717) is 0 Å². The Kier molecular flexibility index (Phi) is 5.07. The number of hydrazine groups is 1. The Morgan fingerprint density at radius 2 is 1.73 bits per heavy atom. The first-order valence-corrected chi connectivity index (χ1v) is 4.72. The highest BCUT2D eigenvalue weighted by Crippen LogP contribution is 2.05. The van der Waals surface area contributed by atoms with Gasteiger partial charge in [-0.05, 0) is 34.7 Å². The van der Waals surface area contributed by atoms with Crippen molar-refractivity contribution in [2.75, 3.05) is 7.05 Å². The second-order valence-corrected chi connectivity index (χ2v) is 4.13. The lowest BCUT2D eigenvalue weighted by Gasteiger charge is -2.20. The Balaban J connectivity index is 3.87. The molecule has 0 aliphatic carbocycles. The van der Waals surface area contributed by atoms with Crippen LogP contribution in [-0.2, 0) is 9.53 Å². The molecule has 3 N–H and O–H groups in total. The molecule has 15 heavy (non-hydrogen) atoms. The van der Waals surface area contributed by atoms with E-state index in [4.69, 9.17) is 4.74 Å². The van der Waals surface area contributed by atoms with E-state index in [-0.39, 0.29) is 11.9 Å². The zero-order valence-electron chi connectivity index (χ0n) is 9.80. The number of likely N-dealkylation sites (N-methyl/N-ethyl adjacent to an activating group) is 1. The zero-order chi connectivity index (χ0) is 12.1. The molecule has 0 bridgehead atoms. The number of carbonyl (C=O) groups is 2. The average Bonchev–Trinajstić information content (AvgIpc) is 2.10. The minimum absolute atomic E-state index is 0.330. The van der Waals surface area contributed by atoms with Crippen LogP contribution in [-0.4, -0.2) is 30.7 Å². The summed E-state index contributed by atoms with van der Waals surface area (Å²) < 4.78 is 4.92. The lowest BCUT2D eigenvalue weighted by Crippen LogP contribution is -2.50. The molecule has 0 radical (unpaired) electrons. The van der Waals surface area contributed by atoms with Gasteiger partial charge in [0.1, 0.15) is 5.60 Å². The molecule has 6 heteroatoms. The smallest absolute Gasteiger partial charge is 0.426 e. The topological polar surface area (TPSA) is 79.5 Å². The van der Waals surface area contributed by atoms with E-state index in [1.807, 2.05) is 0 Å². The number of rotatable bonds is 2. The fourth-order valence-electron chi connectivity index (χ4n) is 0.656. The van der Waals surface area contributed by atoms with Crippen molar-refractivity contribution in [3.05, 3.63) is 0 Å². The van der Waals surface area contributed by atoms with Gasteiger partial charge in [0.2, 0.25) is 0 Å². The van der Waals surface area contributed by atoms with Crippen LogP contribution < -0.4 is 16.2 Å². The van der Waals surface area contributed by atoms with Gasteiger partial charge in [0.25, 0.3) is 5.91 Å². The van der Waals surface area contributed by atoms with E-state index in [1.165, 1.54) is 0 Å². The maximum atomic E-state index is 11.2. The molecule has 0 aromatic heterocycles. The molecule has 0 aliphatic rings. The highest BCUT2D eigenvalue weighted by atomic mass is 16.6. The van der Waals surface area contributed by atoms with Crippen LogP contribution in [0.2, 0.25) is 0 Å². The normalized spacial score (nSPS) is 12.9. The molecule has 1 atom stereocenters. The van der Waals surface area contributed by atoms with Gasteiger partial charge < -0.3 is 10.1 Å². The van der Waals surface area contributed by atoms with Gasteiger partial charge in [-0.25, -0.2) is 10.2 Å². The van der Waals surface area contributed by atoms with E-state index in [2.05, 4.69) is 16.2 Å². The predicted molar refractivity (Wildman–Crippen MR) is 56.0 cm³/mol. The molecule has 6 nitrogen and oxygen atoms in total. The third kappa shape index (κ3) is 6.73. The van der Waals surface area contributed by atoms with Crippen molar-refractivity contribution in [2.24, 2.45) is 0 Å². The number of amides is 2. The highest BCUT2D eigenvalue weighted by molar-refractivity contribution is 5.83. The summed E-state index contributed by atoms with van der Waals surface area (Å²) in [5.74, 6) is -0.330. The average molecular weight is 217 g/mol. The van der Waals surface area contributed by atoms with Gasteiger partial charge >= 0.3 is 6.09 Å². The van der Waals surface area contributed by atoms with Gasteiger partial charge in [-0.1, -0.05) is 0 Å². The third-order valence-electron chi connectivity index (χ3n) is 1.51. The first-order chi connectivity index (χ1) is 6.76. The molecule has 0 aromatic rings. The number of hydrogen-bond donors (Lipinski definition) is 3. The molecule has 0 unspecified atom stereocenters. The van der Waals surface area contributed by atoms with E-state index in [1.54, 1.807) is 34.7 Å². The maximum Gasteiger partial charge on any atom is 0.426 e.